The van der Waals surface area contributed by atoms with Gasteiger partial charge in [-0.1, -0.05) is 35.9 Å². The highest BCUT2D eigenvalue weighted by Gasteiger charge is 2.08. The largest absolute Gasteiger partial charge is 0.504 e. The highest BCUT2D eigenvalue weighted by Crippen LogP contribution is 2.27. The maximum Gasteiger partial charge on any atom is 0.271 e. The van der Waals surface area contributed by atoms with Crippen molar-refractivity contribution in [1.29, 1.82) is 0 Å². The molecule has 0 atom stereocenters. The minimum Gasteiger partial charge on any atom is -0.504 e. The first-order valence-electron chi connectivity index (χ1n) is 11.0. The van der Waals surface area contributed by atoms with Gasteiger partial charge < -0.3 is 19.7 Å². The molecule has 0 unspecified atom stereocenters. The van der Waals surface area contributed by atoms with Gasteiger partial charge in [-0.05, 0) is 71.8 Å². The first kappa shape index (κ1) is 27.0. The third kappa shape index (κ3) is 7.98. The Morgan fingerprint density at radius 1 is 0.865 bits per heavy atom. The van der Waals surface area contributed by atoms with Gasteiger partial charge in [0.15, 0.2) is 28.8 Å². The van der Waals surface area contributed by atoms with E-state index >= 15 is 0 Å². The Balaban J connectivity index is 1.80. The Morgan fingerprint density at radius 3 is 1.95 bits per heavy atom. The van der Waals surface area contributed by atoms with Gasteiger partial charge >= 0.3 is 0 Å². The van der Waals surface area contributed by atoms with Crippen LogP contribution in [0.4, 0.5) is 0 Å². The Bertz CT molecular complexity index is 1360. The molecule has 3 aromatic carbocycles. The number of hydrogen-bond donors (Lipinski definition) is 3. The van der Waals surface area contributed by atoms with Gasteiger partial charge in [-0.2, -0.15) is 5.10 Å². The minimum atomic E-state index is -0.465. The number of carbonyl (C=O) groups excluding carboxylic acids is 2. The Kier molecular flexibility index (Phi) is 9.46. The van der Waals surface area contributed by atoms with Gasteiger partial charge in [0.2, 0.25) is 0 Å². The van der Waals surface area contributed by atoms with Crippen molar-refractivity contribution in [3.63, 3.8) is 0 Å². The van der Waals surface area contributed by atoms with E-state index in [1.807, 2.05) is 0 Å². The molecular weight excluding hydrogens is 496 g/mol. The van der Waals surface area contributed by atoms with Crippen molar-refractivity contribution < 1.29 is 29.3 Å². The molecule has 0 bridgehead atoms. The number of phenols is 2. The number of phenolic OH excluding ortho intramolecular Hbond substituents is 2. The summed E-state index contributed by atoms with van der Waals surface area (Å²) in [6.07, 6.45) is 6.11. The van der Waals surface area contributed by atoms with Crippen LogP contribution in [0, 0.1) is 0 Å². The lowest BCUT2D eigenvalue weighted by atomic mass is 10.1. The van der Waals surface area contributed by atoms with Gasteiger partial charge in [-0.15, -0.1) is 0 Å². The van der Waals surface area contributed by atoms with Crippen molar-refractivity contribution in [2.24, 2.45) is 5.10 Å². The van der Waals surface area contributed by atoms with Crippen molar-refractivity contribution in [3.8, 4) is 23.0 Å². The number of amides is 1. The van der Waals surface area contributed by atoms with Gasteiger partial charge in [0.1, 0.15) is 0 Å². The molecule has 0 fully saturated rings. The molecule has 1 amide bonds. The van der Waals surface area contributed by atoms with Crippen LogP contribution in [0.25, 0.3) is 12.2 Å². The van der Waals surface area contributed by atoms with Crippen LogP contribution in [-0.2, 0) is 4.79 Å². The summed E-state index contributed by atoms with van der Waals surface area (Å²) in [5, 5.41) is 24.2. The summed E-state index contributed by atoms with van der Waals surface area (Å²) in [6, 6.07) is 15.8. The molecule has 0 radical (unpaired) electrons. The molecule has 0 saturated heterocycles. The van der Waals surface area contributed by atoms with Crippen LogP contribution in [0.3, 0.4) is 0 Å². The Morgan fingerprint density at radius 2 is 1.41 bits per heavy atom. The average Bonchev–Trinajstić information content (AvgIpc) is 2.90. The zero-order chi connectivity index (χ0) is 26.8. The zero-order valence-corrected chi connectivity index (χ0v) is 20.9. The standard InChI is InChI=1S/C28H25ClN2O6/c1-36-26-15-18(5-13-24(26)33)3-11-22(30-31-28(35)20-7-9-21(29)10-8-20)17-23(32)12-4-19-6-14-25(34)27(16-19)37-2/h3-16,33-34H,17H2,1-2H3,(H,31,35)/b11-3+,12-4+,30-22+. The van der Waals surface area contributed by atoms with Crippen LogP contribution in [0.2, 0.25) is 5.02 Å². The Labute approximate surface area is 219 Å². The SMILES string of the molecule is COc1cc(/C=C/C(=O)CC(/C=C/c2ccc(O)c(OC)c2)=N/NC(=O)c2ccc(Cl)cc2)ccc1O. The number of carbonyl (C=O) groups is 2. The monoisotopic (exact) mass is 520 g/mol. The fourth-order valence-electron chi connectivity index (χ4n) is 3.14. The van der Waals surface area contributed by atoms with Crippen LogP contribution in [0.1, 0.15) is 27.9 Å². The van der Waals surface area contributed by atoms with Crippen LogP contribution in [0.5, 0.6) is 23.0 Å². The number of ether oxygens (including phenoxy) is 2. The van der Waals surface area contributed by atoms with Crippen molar-refractivity contribution in [3.05, 3.63) is 94.5 Å². The quantitative estimate of drug-likeness (QED) is 0.191. The molecule has 9 heteroatoms. The topological polar surface area (TPSA) is 117 Å². The minimum absolute atomic E-state index is 0.00468. The Hall–Kier alpha value is -4.56. The molecule has 0 spiro atoms. The fraction of sp³-hybridized carbons (Fsp3) is 0.107. The molecule has 37 heavy (non-hydrogen) atoms. The second-order valence-corrected chi connectivity index (χ2v) is 8.16. The van der Waals surface area contributed by atoms with Gasteiger partial charge in [0, 0.05) is 10.6 Å². The van der Waals surface area contributed by atoms with E-state index in [0.29, 0.717) is 27.5 Å². The van der Waals surface area contributed by atoms with E-state index in [9.17, 15) is 19.8 Å². The summed E-state index contributed by atoms with van der Waals surface area (Å²) in [6.45, 7) is 0. The first-order chi connectivity index (χ1) is 17.8. The second kappa shape index (κ2) is 12.9. The molecule has 0 aliphatic carbocycles. The second-order valence-electron chi connectivity index (χ2n) is 7.72. The normalized spacial score (nSPS) is 11.6. The smallest absolute Gasteiger partial charge is 0.271 e. The maximum atomic E-state index is 12.7. The van der Waals surface area contributed by atoms with E-state index in [2.05, 4.69) is 10.5 Å². The average molecular weight is 521 g/mol. The lowest BCUT2D eigenvalue weighted by molar-refractivity contribution is -0.113. The summed E-state index contributed by atoms with van der Waals surface area (Å²) in [5.74, 6) is -0.177. The van der Waals surface area contributed by atoms with Gasteiger partial charge in [-0.25, -0.2) is 5.43 Å². The molecule has 3 aromatic rings. The van der Waals surface area contributed by atoms with Crippen LogP contribution < -0.4 is 14.9 Å². The zero-order valence-electron chi connectivity index (χ0n) is 20.1. The van der Waals surface area contributed by atoms with E-state index in [-0.39, 0.29) is 35.2 Å². The molecule has 190 valence electrons. The van der Waals surface area contributed by atoms with Crippen molar-refractivity contribution >= 4 is 41.2 Å². The molecule has 3 N–H and O–H groups in total. The molecule has 0 aliphatic heterocycles. The van der Waals surface area contributed by atoms with E-state index in [4.69, 9.17) is 21.1 Å². The lowest BCUT2D eigenvalue weighted by Gasteiger charge is -2.05. The molecule has 3 rings (SSSR count). The van der Waals surface area contributed by atoms with Crippen molar-refractivity contribution in [2.75, 3.05) is 14.2 Å². The van der Waals surface area contributed by atoms with Crippen LogP contribution in [-0.4, -0.2) is 41.8 Å². The number of benzene rings is 3. The summed E-state index contributed by atoms with van der Waals surface area (Å²) in [4.78, 5) is 25.2. The highest BCUT2D eigenvalue weighted by molar-refractivity contribution is 6.30. The molecule has 8 nitrogen and oxygen atoms in total. The van der Waals surface area contributed by atoms with Crippen molar-refractivity contribution in [1.82, 2.24) is 5.43 Å². The summed E-state index contributed by atoms with van der Waals surface area (Å²) >= 11 is 5.87. The van der Waals surface area contributed by atoms with E-state index in [1.54, 1.807) is 66.8 Å². The number of nitrogens with zero attached hydrogens (tertiary/aromatic N) is 1. The predicted molar refractivity (Wildman–Crippen MR) is 143 cm³/mol. The summed E-state index contributed by atoms with van der Waals surface area (Å²) < 4.78 is 10.2. The van der Waals surface area contributed by atoms with Gasteiger partial charge in [-0.3, -0.25) is 9.59 Å². The number of halogens is 1. The number of hydrogen-bond acceptors (Lipinski definition) is 7. The number of hydrazone groups is 1. The number of ketones is 1. The predicted octanol–water partition coefficient (Wildman–Crippen LogP) is 5.24. The molecule has 0 aliphatic rings. The number of rotatable bonds is 10. The number of nitrogens with one attached hydrogen (secondary N) is 1. The van der Waals surface area contributed by atoms with Crippen molar-refractivity contribution in [2.45, 2.75) is 6.42 Å². The first-order valence-corrected chi connectivity index (χ1v) is 11.4. The molecular formula is C28H25ClN2O6. The summed E-state index contributed by atoms with van der Waals surface area (Å²) in [7, 11) is 2.88. The summed E-state index contributed by atoms with van der Waals surface area (Å²) in [5.41, 5.74) is 4.44. The molecule has 0 saturated carbocycles. The van der Waals surface area contributed by atoms with Gasteiger partial charge in [0.05, 0.1) is 26.4 Å². The molecule has 0 heterocycles. The number of allylic oxidation sites excluding steroid dienone is 2. The number of methoxy groups -OCH3 is 2. The maximum absolute atomic E-state index is 12.7. The van der Waals surface area contributed by atoms with Gasteiger partial charge in [0.25, 0.3) is 5.91 Å². The third-order valence-corrected chi connectivity index (χ3v) is 5.35. The van der Waals surface area contributed by atoms with Crippen LogP contribution >= 0.6 is 11.6 Å². The lowest BCUT2D eigenvalue weighted by Crippen LogP contribution is -2.20. The third-order valence-electron chi connectivity index (χ3n) is 5.10. The van der Waals surface area contributed by atoms with E-state index in [1.165, 1.54) is 32.4 Å². The van der Waals surface area contributed by atoms with E-state index < -0.39 is 5.91 Å². The fourth-order valence-corrected chi connectivity index (χ4v) is 3.26. The highest BCUT2D eigenvalue weighted by atomic mass is 35.5. The number of aromatic hydroxyl groups is 2. The van der Waals surface area contributed by atoms with Crippen LogP contribution in [0.15, 0.2) is 77.9 Å². The molecule has 0 aromatic heterocycles. The van der Waals surface area contributed by atoms with E-state index in [0.717, 1.165) is 0 Å².